The Morgan fingerprint density at radius 1 is 1.48 bits per heavy atom. The van der Waals surface area contributed by atoms with E-state index in [0.29, 0.717) is 13.1 Å². The van der Waals surface area contributed by atoms with E-state index in [1.807, 2.05) is 6.92 Å². The molecule has 1 aliphatic rings. The van der Waals surface area contributed by atoms with Crippen molar-refractivity contribution in [1.29, 1.82) is 0 Å². The fourth-order valence-electron chi connectivity index (χ4n) is 2.86. The molecule has 122 valence electrons. The van der Waals surface area contributed by atoms with Crippen LogP contribution in [0.15, 0.2) is 30.5 Å². The zero-order valence-electron chi connectivity index (χ0n) is 13.1. The van der Waals surface area contributed by atoms with Crippen molar-refractivity contribution in [3.8, 4) is 5.75 Å². The summed E-state index contributed by atoms with van der Waals surface area (Å²) in [7, 11) is 0. The van der Waals surface area contributed by atoms with Crippen LogP contribution in [0, 0.1) is 12.7 Å². The molecule has 1 amide bonds. The van der Waals surface area contributed by atoms with Crippen molar-refractivity contribution in [2.45, 2.75) is 25.7 Å². The average Bonchev–Trinajstić information content (AvgIpc) is 3.00. The number of aryl methyl sites for hydroxylation is 1. The van der Waals surface area contributed by atoms with Gasteiger partial charge in [0.1, 0.15) is 5.82 Å². The van der Waals surface area contributed by atoms with Crippen molar-refractivity contribution < 1.29 is 13.9 Å². The van der Waals surface area contributed by atoms with Crippen molar-refractivity contribution in [3.05, 3.63) is 47.8 Å². The number of amides is 1. The monoisotopic (exact) mass is 317 g/mol. The number of hydrogen-bond donors (Lipinski definition) is 1. The first-order chi connectivity index (χ1) is 11.1. The van der Waals surface area contributed by atoms with Gasteiger partial charge < -0.3 is 14.6 Å². The van der Waals surface area contributed by atoms with Crippen LogP contribution >= 0.6 is 0 Å². The summed E-state index contributed by atoms with van der Waals surface area (Å²) in [5.41, 5.74) is 1.02. The number of para-hydroxylation sites is 1. The molecule has 23 heavy (non-hydrogen) atoms. The Morgan fingerprint density at radius 2 is 2.30 bits per heavy atom. The summed E-state index contributed by atoms with van der Waals surface area (Å²) in [4.78, 5) is 21.7. The van der Waals surface area contributed by atoms with Gasteiger partial charge in [-0.1, -0.05) is 12.1 Å². The van der Waals surface area contributed by atoms with Gasteiger partial charge in [-0.3, -0.25) is 4.79 Å². The van der Waals surface area contributed by atoms with Crippen molar-refractivity contribution in [1.82, 2.24) is 14.9 Å². The summed E-state index contributed by atoms with van der Waals surface area (Å²) in [6.45, 7) is 3.14. The molecule has 0 bridgehead atoms. The maximum absolute atomic E-state index is 13.5. The molecule has 0 unspecified atom stereocenters. The van der Waals surface area contributed by atoms with Gasteiger partial charge in [0.2, 0.25) is 0 Å². The molecule has 5 nitrogen and oxygen atoms in total. The number of aromatic amines is 1. The van der Waals surface area contributed by atoms with Crippen molar-refractivity contribution in [3.63, 3.8) is 0 Å². The van der Waals surface area contributed by atoms with E-state index in [0.717, 1.165) is 24.4 Å². The highest BCUT2D eigenvalue weighted by molar-refractivity contribution is 5.78. The lowest BCUT2D eigenvalue weighted by Gasteiger charge is -2.31. The number of H-pyrrole nitrogens is 1. The average molecular weight is 317 g/mol. The number of ether oxygens (including phenoxy) is 1. The molecule has 0 radical (unpaired) electrons. The van der Waals surface area contributed by atoms with Gasteiger partial charge in [0, 0.05) is 30.9 Å². The number of imidazole rings is 1. The molecule has 1 fully saturated rings. The first-order valence-electron chi connectivity index (χ1n) is 7.80. The maximum Gasteiger partial charge on any atom is 0.260 e. The van der Waals surface area contributed by atoms with E-state index in [-0.39, 0.29) is 24.2 Å². The molecule has 1 aliphatic heterocycles. The molecule has 0 spiro atoms. The Kier molecular flexibility index (Phi) is 4.60. The molecule has 1 aromatic carbocycles. The summed E-state index contributed by atoms with van der Waals surface area (Å²) >= 11 is 0. The Balaban J connectivity index is 1.58. The van der Waals surface area contributed by atoms with Crippen molar-refractivity contribution >= 4 is 5.91 Å². The number of hydrogen-bond acceptors (Lipinski definition) is 3. The summed E-state index contributed by atoms with van der Waals surface area (Å²) < 4.78 is 18.8. The van der Waals surface area contributed by atoms with Gasteiger partial charge in [-0.25, -0.2) is 9.37 Å². The number of rotatable bonds is 4. The van der Waals surface area contributed by atoms with Crippen LogP contribution in [0.2, 0.25) is 0 Å². The zero-order chi connectivity index (χ0) is 16.2. The lowest BCUT2D eigenvalue weighted by molar-refractivity contribution is -0.134. The van der Waals surface area contributed by atoms with Crippen LogP contribution in [0.1, 0.15) is 30.3 Å². The molecular weight excluding hydrogens is 297 g/mol. The Labute approximate surface area is 134 Å². The number of carbonyl (C=O) groups excluding carboxylic acids is 1. The van der Waals surface area contributed by atoms with Gasteiger partial charge in [0.15, 0.2) is 18.2 Å². The predicted molar refractivity (Wildman–Crippen MR) is 83.8 cm³/mol. The number of nitrogens with one attached hydrogen (secondary N) is 1. The molecule has 3 rings (SSSR count). The third-order valence-corrected chi connectivity index (χ3v) is 4.07. The van der Waals surface area contributed by atoms with E-state index < -0.39 is 5.82 Å². The normalized spacial score (nSPS) is 18.0. The molecule has 1 atom stereocenters. The molecule has 1 aromatic heterocycles. The minimum atomic E-state index is -0.456. The highest BCUT2D eigenvalue weighted by atomic mass is 19.1. The smallest absolute Gasteiger partial charge is 0.260 e. The van der Waals surface area contributed by atoms with E-state index in [1.54, 1.807) is 23.2 Å². The number of likely N-dealkylation sites (tertiary alicyclic amines) is 1. The van der Waals surface area contributed by atoms with E-state index in [4.69, 9.17) is 4.74 Å². The highest BCUT2D eigenvalue weighted by Gasteiger charge is 2.26. The van der Waals surface area contributed by atoms with Gasteiger partial charge in [0.25, 0.3) is 5.91 Å². The second kappa shape index (κ2) is 6.81. The second-order valence-corrected chi connectivity index (χ2v) is 5.85. The van der Waals surface area contributed by atoms with Crippen LogP contribution in [-0.2, 0) is 4.79 Å². The Bertz CT molecular complexity index is 686. The molecule has 2 heterocycles. The second-order valence-electron chi connectivity index (χ2n) is 5.85. The van der Waals surface area contributed by atoms with Gasteiger partial charge in [-0.15, -0.1) is 0 Å². The fourth-order valence-corrected chi connectivity index (χ4v) is 2.86. The first kappa shape index (κ1) is 15.5. The molecule has 6 heteroatoms. The van der Waals surface area contributed by atoms with E-state index in [2.05, 4.69) is 9.97 Å². The van der Waals surface area contributed by atoms with E-state index in [1.165, 1.54) is 12.1 Å². The standard InChI is InChI=1S/C17H20FN3O2/c1-12-9-19-17(20-12)13-5-4-8-21(10-13)16(22)11-23-15-7-3-2-6-14(15)18/h2-3,6-7,9,13H,4-5,8,10-11H2,1H3,(H,19,20)/t13-/m1/s1. The summed E-state index contributed by atoms with van der Waals surface area (Å²) in [6.07, 6.45) is 3.73. The van der Waals surface area contributed by atoms with Gasteiger partial charge >= 0.3 is 0 Å². The molecule has 1 N–H and O–H groups in total. The van der Waals surface area contributed by atoms with Gasteiger partial charge in [-0.2, -0.15) is 0 Å². The number of piperidine rings is 1. The zero-order valence-corrected chi connectivity index (χ0v) is 13.1. The number of carbonyl (C=O) groups is 1. The predicted octanol–water partition coefficient (Wildman–Crippen LogP) is 2.64. The third-order valence-electron chi connectivity index (χ3n) is 4.07. The largest absolute Gasteiger partial charge is 0.481 e. The molecule has 0 aliphatic carbocycles. The molecule has 1 saturated heterocycles. The van der Waals surface area contributed by atoms with Crippen molar-refractivity contribution in [2.24, 2.45) is 0 Å². The topological polar surface area (TPSA) is 58.2 Å². The molecule has 0 saturated carbocycles. The quantitative estimate of drug-likeness (QED) is 0.943. The first-order valence-corrected chi connectivity index (χ1v) is 7.80. The maximum atomic E-state index is 13.5. The fraction of sp³-hybridized carbons (Fsp3) is 0.412. The molecular formula is C17H20FN3O2. The van der Waals surface area contributed by atoms with Crippen LogP contribution in [0.4, 0.5) is 4.39 Å². The lowest BCUT2D eigenvalue weighted by Crippen LogP contribution is -2.41. The minimum absolute atomic E-state index is 0.107. The van der Waals surface area contributed by atoms with Gasteiger partial charge in [0.05, 0.1) is 0 Å². The minimum Gasteiger partial charge on any atom is -0.481 e. The summed E-state index contributed by atoms with van der Waals surface area (Å²) in [5, 5.41) is 0. The van der Waals surface area contributed by atoms with Crippen LogP contribution < -0.4 is 4.74 Å². The lowest BCUT2D eigenvalue weighted by atomic mass is 9.97. The summed E-state index contributed by atoms with van der Waals surface area (Å²) in [6, 6.07) is 6.10. The van der Waals surface area contributed by atoms with Crippen LogP contribution in [0.25, 0.3) is 0 Å². The van der Waals surface area contributed by atoms with Gasteiger partial charge in [-0.05, 0) is 31.9 Å². The number of halogens is 1. The van der Waals surface area contributed by atoms with E-state index in [9.17, 15) is 9.18 Å². The molecule has 2 aromatic rings. The third kappa shape index (κ3) is 3.70. The van der Waals surface area contributed by atoms with Crippen molar-refractivity contribution in [2.75, 3.05) is 19.7 Å². The number of aromatic nitrogens is 2. The Morgan fingerprint density at radius 3 is 3.04 bits per heavy atom. The summed E-state index contributed by atoms with van der Waals surface area (Å²) in [5.74, 6) is 0.671. The SMILES string of the molecule is Cc1cnc([C@@H]2CCCN(C(=O)COc3ccccc3F)C2)[nH]1. The highest BCUT2D eigenvalue weighted by Crippen LogP contribution is 2.25. The number of nitrogens with zero attached hydrogens (tertiary/aromatic N) is 2. The van der Waals surface area contributed by atoms with Crippen LogP contribution in [0.3, 0.4) is 0 Å². The van der Waals surface area contributed by atoms with Crippen LogP contribution in [0.5, 0.6) is 5.75 Å². The Hall–Kier alpha value is -2.37. The van der Waals surface area contributed by atoms with E-state index >= 15 is 0 Å². The number of benzene rings is 1. The van der Waals surface area contributed by atoms with Crippen LogP contribution in [-0.4, -0.2) is 40.5 Å².